The molecule has 0 aliphatic carbocycles. The lowest BCUT2D eigenvalue weighted by Gasteiger charge is -2.08. The third-order valence-electron chi connectivity index (χ3n) is 2.45. The minimum atomic E-state index is 0.768. The lowest BCUT2D eigenvalue weighted by Crippen LogP contribution is -2.16. The zero-order valence-electron chi connectivity index (χ0n) is 9.81. The van der Waals surface area contributed by atoms with Gasteiger partial charge in [-0.2, -0.15) is 0 Å². The third-order valence-corrected chi connectivity index (χ3v) is 2.87. The molecule has 0 amide bonds. The lowest BCUT2D eigenvalue weighted by atomic mass is 10.1. The largest absolute Gasteiger partial charge is 0.313 e. The van der Waals surface area contributed by atoms with Gasteiger partial charge in [0.05, 0.1) is 0 Å². The first kappa shape index (κ1) is 12.5. The average molecular weight is 226 g/mol. The van der Waals surface area contributed by atoms with Crippen molar-refractivity contribution >= 4 is 11.6 Å². The summed E-state index contributed by atoms with van der Waals surface area (Å²) in [6.45, 7) is 8.55. The van der Waals surface area contributed by atoms with Gasteiger partial charge in [-0.15, -0.1) is 0 Å². The van der Waals surface area contributed by atoms with E-state index in [0.717, 1.165) is 29.6 Å². The molecule has 1 aromatic carbocycles. The van der Waals surface area contributed by atoms with Gasteiger partial charge in [0.25, 0.3) is 0 Å². The summed E-state index contributed by atoms with van der Waals surface area (Å²) >= 11 is 5.96. The predicted molar refractivity (Wildman–Crippen MR) is 67.4 cm³/mol. The van der Waals surface area contributed by atoms with Gasteiger partial charge in [-0.1, -0.05) is 37.6 Å². The fourth-order valence-corrected chi connectivity index (χ4v) is 1.56. The molecule has 1 N–H and O–H groups in total. The normalized spacial score (nSPS) is 11.0. The second-order valence-electron chi connectivity index (χ2n) is 4.44. The third kappa shape index (κ3) is 4.67. The molecule has 2 heteroatoms. The molecule has 0 saturated carbocycles. The molecule has 1 rings (SSSR count). The number of hydrogen-bond donors (Lipinski definition) is 1. The van der Waals surface area contributed by atoms with Crippen LogP contribution < -0.4 is 5.32 Å². The highest BCUT2D eigenvalue weighted by Crippen LogP contribution is 2.16. The van der Waals surface area contributed by atoms with Crippen molar-refractivity contribution in [2.24, 2.45) is 5.92 Å². The number of benzene rings is 1. The molecule has 0 saturated heterocycles. The Labute approximate surface area is 97.8 Å². The number of aryl methyl sites for hydroxylation is 1. The fourth-order valence-electron chi connectivity index (χ4n) is 1.44. The fraction of sp³-hybridized carbons (Fsp3) is 0.538. The number of rotatable bonds is 5. The Bertz CT molecular complexity index is 307. The van der Waals surface area contributed by atoms with E-state index >= 15 is 0 Å². The first-order chi connectivity index (χ1) is 7.09. The van der Waals surface area contributed by atoms with E-state index in [-0.39, 0.29) is 0 Å². The van der Waals surface area contributed by atoms with Gasteiger partial charge in [0, 0.05) is 11.6 Å². The van der Waals surface area contributed by atoms with E-state index in [2.05, 4.69) is 31.3 Å². The number of halogens is 1. The van der Waals surface area contributed by atoms with Gasteiger partial charge in [-0.05, 0) is 43.0 Å². The van der Waals surface area contributed by atoms with Crippen LogP contribution in [0.2, 0.25) is 5.02 Å². The summed E-state index contributed by atoms with van der Waals surface area (Å²) in [5.41, 5.74) is 2.46. The van der Waals surface area contributed by atoms with E-state index in [0.29, 0.717) is 0 Å². The Morgan fingerprint density at radius 2 is 2.07 bits per heavy atom. The van der Waals surface area contributed by atoms with Crippen molar-refractivity contribution in [1.82, 2.24) is 5.32 Å². The summed E-state index contributed by atoms with van der Waals surface area (Å²) in [6, 6.07) is 6.19. The molecule has 0 unspecified atom stereocenters. The summed E-state index contributed by atoms with van der Waals surface area (Å²) in [6.07, 6.45) is 1.23. The van der Waals surface area contributed by atoms with Crippen molar-refractivity contribution in [2.45, 2.75) is 33.7 Å². The number of nitrogens with one attached hydrogen (secondary N) is 1. The van der Waals surface area contributed by atoms with Crippen LogP contribution in [-0.2, 0) is 6.54 Å². The van der Waals surface area contributed by atoms with Crippen LogP contribution >= 0.6 is 11.6 Å². The van der Waals surface area contributed by atoms with Crippen molar-refractivity contribution < 1.29 is 0 Å². The van der Waals surface area contributed by atoms with E-state index < -0.39 is 0 Å². The van der Waals surface area contributed by atoms with E-state index in [1.807, 2.05) is 13.0 Å². The number of hydrogen-bond acceptors (Lipinski definition) is 1. The zero-order valence-corrected chi connectivity index (χ0v) is 10.6. The van der Waals surface area contributed by atoms with Crippen molar-refractivity contribution in [1.29, 1.82) is 0 Å². The van der Waals surface area contributed by atoms with Gasteiger partial charge >= 0.3 is 0 Å². The Morgan fingerprint density at radius 3 is 2.67 bits per heavy atom. The maximum Gasteiger partial charge on any atom is 0.0435 e. The first-order valence-corrected chi connectivity index (χ1v) is 5.93. The van der Waals surface area contributed by atoms with Crippen LogP contribution in [0.15, 0.2) is 18.2 Å². The van der Waals surface area contributed by atoms with E-state index in [9.17, 15) is 0 Å². The van der Waals surface area contributed by atoms with Crippen LogP contribution in [0, 0.1) is 12.8 Å². The predicted octanol–water partition coefficient (Wildman–Crippen LogP) is 3.78. The summed E-state index contributed by atoms with van der Waals surface area (Å²) in [5, 5.41) is 4.28. The molecule has 84 valence electrons. The highest BCUT2D eigenvalue weighted by atomic mass is 35.5. The molecule has 0 radical (unpaired) electrons. The van der Waals surface area contributed by atoms with Gasteiger partial charge in [-0.25, -0.2) is 0 Å². The van der Waals surface area contributed by atoms with Gasteiger partial charge < -0.3 is 5.32 Å². The van der Waals surface area contributed by atoms with Crippen LogP contribution in [0.5, 0.6) is 0 Å². The van der Waals surface area contributed by atoms with E-state index in [1.165, 1.54) is 12.0 Å². The molecule has 0 spiro atoms. The molecule has 15 heavy (non-hydrogen) atoms. The smallest absolute Gasteiger partial charge is 0.0435 e. The molecule has 1 aromatic rings. The molecule has 1 nitrogen and oxygen atoms in total. The molecule has 0 heterocycles. The van der Waals surface area contributed by atoms with E-state index in [4.69, 9.17) is 11.6 Å². The minimum Gasteiger partial charge on any atom is -0.313 e. The van der Waals surface area contributed by atoms with Gasteiger partial charge in [0.15, 0.2) is 0 Å². The van der Waals surface area contributed by atoms with Crippen molar-refractivity contribution in [2.75, 3.05) is 6.54 Å². The van der Waals surface area contributed by atoms with Gasteiger partial charge in [-0.3, -0.25) is 0 Å². The summed E-state index contributed by atoms with van der Waals surface area (Å²) in [4.78, 5) is 0. The maximum absolute atomic E-state index is 5.96. The highest BCUT2D eigenvalue weighted by Gasteiger charge is 1.98. The molecular formula is C13H20ClN. The van der Waals surface area contributed by atoms with Crippen molar-refractivity contribution in [3.8, 4) is 0 Å². The standard InChI is InChI=1S/C13H20ClN/c1-10(2)6-7-15-9-12-4-5-13(14)11(3)8-12/h4-5,8,10,15H,6-7,9H2,1-3H3. The Hall–Kier alpha value is -0.530. The monoisotopic (exact) mass is 225 g/mol. The van der Waals surface area contributed by atoms with Gasteiger partial charge in [0.2, 0.25) is 0 Å². The Balaban J connectivity index is 2.35. The molecule has 0 fully saturated rings. The van der Waals surface area contributed by atoms with Crippen LogP contribution in [0.1, 0.15) is 31.4 Å². The molecule has 0 aromatic heterocycles. The Morgan fingerprint density at radius 1 is 1.33 bits per heavy atom. The summed E-state index contributed by atoms with van der Waals surface area (Å²) in [7, 11) is 0. The second kappa shape index (κ2) is 6.14. The van der Waals surface area contributed by atoms with Crippen LogP contribution in [0.3, 0.4) is 0 Å². The molecule has 0 bridgehead atoms. The second-order valence-corrected chi connectivity index (χ2v) is 4.85. The zero-order chi connectivity index (χ0) is 11.3. The van der Waals surface area contributed by atoms with Crippen LogP contribution in [-0.4, -0.2) is 6.54 Å². The van der Waals surface area contributed by atoms with Crippen LogP contribution in [0.4, 0.5) is 0 Å². The molecule has 0 aliphatic heterocycles. The average Bonchev–Trinajstić information content (AvgIpc) is 2.18. The Kier molecular flexibility index (Phi) is 5.13. The van der Waals surface area contributed by atoms with Crippen LogP contribution in [0.25, 0.3) is 0 Å². The molecule has 0 aliphatic rings. The summed E-state index contributed by atoms with van der Waals surface area (Å²) in [5.74, 6) is 0.768. The van der Waals surface area contributed by atoms with Crippen molar-refractivity contribution in [3.63, 3.8) is 0 Å². The van der Waals surface area contributed by atoms with E-state index in [1.54, 1.807) is 0 Å². The molecular weight excluding hydrogens is 206 g/mol. The molecule has 0 atom stereocenters. The maximum atomic E-state index is 5.96. The quantitative estimate of drug-likeness (QED) is 0.752. The minimum absolute atomic E-state index is 0.768. The van der Waals surface area contributed by atoms with Crippen molar-refractivity contribution in [3.05, 3.63) is 34.3 Å². The SMILES string of the molecule is Cc1cc(CNCCC(C)C)ccc1Cl. The highest BCUT2D eigenvalue weighted by molar-refractivity contribution is 6.31. The topological polar surface area (TPSA) is 12.0 Å². The summed E-state index contributed by atoms with van der Waals surface area (Å²) < 4.78 is 0. The van der Waals surface area contributed by atoms with Gasteiger partial charge in [0.1, 0.15) is 0 Å². The first-order valence-electron chi connectivity index (χ1n) is 5.55. The lowest BCUT2D eigenvalue weighted by molar-refractivity contribution is 0.537.